The number of anilines is 1. The Balaban J connectivity index is 1.61. The van der Waals surface area contributed by atoms with E-state index in [1.54, 1.807) is 23.2 Å². The average Bonchev–Trinajstić information content (AvgIpc) is 3.15. The molecule has 0 aromatic carbocycles. The van der Waals surface area contributed by atoms with Gasteiger partial charge in [-0.25, -0.2) is 9.78 Å². The molecule has 0 fully saturated rings. The summed E-state index contributed by atoms with van der Waals surface area (Å²) in [5, 5.41) is 5.40. The van der Waals surface area contributed by atoms with Gasteiger partial charge in [0.25, 0.3) is 0 Å². The summed E-state index contributed by atoms with van der Waals surface area (Å²) in [7, 11) is 0. The Morgan fingerprint density at radius 1 is 1.48 bits per heavy atom. The van der Waals surface area contributed by atoms with Gasteiger partial charge in [0.05, 0.1) is 25.3 Å². The van der Waals surface area contributed by atoms with E-state index in [4.69, 9.17) is 4.74 Å². The summed E-state index contributed by atoms with van der Waals surface area (Å²) in [4.78, 5) is 32.0. The smallest absolute Gasteiger partial charge is 0.410 e. The SMILES string of the molecule is CCOC(=O)N1CCc2nc(NC(=O)Cc3cccs3)sc2C1. The molecule has 2 aromatic rings. The van der Waals surface area contributed by atoms with Crippen LogP contribution >= 0.6 is 22.7 Å². The lowest BCUT2D eigenvalue weighted by Crippen LogP contribution is -2.35. The van der Waals surface area contributed by atoms with Gasteiger partial charge in [-0.3, -0.25) is 4.79 Å². The molecule has 3 heterocycles. The zero-order valence-electron chi connectivity index (χ0n) is 12.7. The molecule has 0 radical (unpaired) electrons. The minimum absolute atomic E-state index is 0.0687. The highest BCUT2D eigenvalue weighted by Gasteiger charge is 2.25. The number of ether oxygens (including phenoxy) is 1. The molecule has 1 N–H and O–H groups in total. The molecule has 1 aliphatic heterocycles. The van der Waals surface area contributed by atoms with E-state index in [1.165, 1.54) is 11.3 Å². The van der Waals surface area contributed by atoms with E-state index >= 15 is 0 Å². The highest BCUT2D eigenvalue weighted by atomic mass is 32.1. The first-order chi connectivity index (χ1) is 11.2. The molecule has 0 unspecified atom stereocenters. The van der Waals surface area contributed by atoms with Crippen molar-refractivity contribution in [2.75, 3.05) is 18.5 Å². The van der Waals surface area contributed by atoms with Crippen LogP contribution in [0.25, 0.3) is 0 Å². The van der Waals surface area contributed by atoms with Gasteiger partial charge in [0, 0.05) is 22.7 Å². The van der Waals surface area contributed by atoms with E-state index in [9.17, 15) is 9.59 Å². The Kier molecular flexibility index (Phi) is 4.92. The predicted molar refractivity (Wildman–Crippen MR) is 89.9 cm³/mol. The molecule has 23 heavy (non-hydrogen) atoms. The van der Waals surface area contributed by atoms with Crippen LogP contribution in [0.3, 0.4) is 0 Å². The van der Waals surface area contributed by atoms with Crippen LogP contribution in [0, 0.1) is 0 Å². The first-order valence-corrected chi connectivity index (χ1v) is 9.08. The molecular formula is C15H17N3O3S2. The number of amides is 2. The van der Waals surface area contributed by atoms with Gasteiger partial charge in [-0.1, -0.05) is 17.4 Å². The fraction of sp³-hybridized carbons (Fsp3) is 0.400. The molecule has 2 aromatic heterocycles. The van der Waals surface area contributed by atoms with Crippen molar-refractivity contribution in [3.05, 3.63) is 33.0 Å². The van der Waals surface area contributed by atoms with Crippen LogP contribution in [0.4, 0.5) is 9.93 Å². The van der Waals surface area contributed by atoms with E-state index in [1.807, 2.05) is 17.5 Å². The normalized spacial score (nSPS) is 13.5. The number of rotatable bonds is 4. The number of aromatic nitrogens is 1. The summed E-state index contributed by atoms with van der Waals surface area (Å²) >= 11 is 2.99. The lowest BCUT2D eigenvalue weighted by Gasteiger charge is -2.24. The lowest BCUT2D eigenvalue weighted by atomic mass is 10.2. The average molecular weight is 351 g/mol. The number of nitrogens with one attached hydrogen (secondary N) is 1. The second-order valence-electron chi connectivity index (χ2n) is 5.06. The van der Waals surface area contributed by atoms with Gasteiger partial charge >= 0.3 is 6.09 Å². The van der Waals surface area contributed by atoms with Crippen LogP contribution in [0.1, 0.15) is 22.4 Å². The van der Waals surface area contributed by atoms with Crippen molar-refractivity contribution < 1.29 is 14.3 Å². The van der Waals surface area contributed by atoms with Crippen LogP contribution in [0.5, 0.6) is 0 Å². The monoisotopic (exact) mass is 351 g/mol. The molecule has 8 heteroatoms. The third kappa shape index (κ3) is 3.89. The Bertz CT molecular complexity index is 697. The maximum Gasteiger partial charge on any atom is 0.410 e. The zero-order valence-corrected chi connectivity index (χ0v) is 14.3. The van der Waals surface area contributed by atoms with Crippen LogP contribution < -0.4 is 5.32 Å². The fourth-order valence-electron chi connectivity index (χ4n) is 2.35. The first kappa shape index (κ1) is 15.9. The van der Waals surface area contributed by atoms with E-state index < -0.39 is 0 Å². The van der Waals surface area contributed by atoms with Crippen LogP contribution in [0.15, 0.2) is 17.5 Å². The topological polar surface area (TPSA) is 71.5 Å². The van der Waals surface area contributed by atoms with Crippen LogP contribution in [-0.2, 0) is 28.9 Å². The van der Waals surface area contributed by atoms with Crippen molar-refractivity contribution in [2.24, 2.45) is 0 Å². The Morgan fingerprint density at radius 2 is 2.35 bits per heavy atom. The van der Waals surface area contributed by atoms with E-state index in [0.29, 0.717) is 37.7 Å². The summed E-state index contributed by atoms with van der Waals surface area (Å²) in [6, 6.07) is 3.87. The van der Waals surface area contributed by atoms with Crippen molar-refractivity contribution in [1.29, 1.82) is 0 Å². The summed E-state index contributed by atoms with van der Waals surface area (Å²) in [5.41, 5.74) is 0.960. The molecular weight excluding hydrogens is 334 g/mol. The minimum atomic E-state index is -0.296. The van der Waals surface area contributed by atoms with Crippen molar-refractivity contribution in [2.45, 2.75) is 26.3 Å². The Hall–Kier alpha value is -1.93. The van der Waals surface area contributed by atoms with E-state index in [-0.39, 0.29) is 12.0 Å². The molecule has 0 spiro atoms. The molecule has 3 rings (SSSR count). The van der Waals surface area contributed by atoms with Gasteiger partial charge < -0.3 is 15.0 Å². The first-order valence-electron chi connectivity index (χ1n) is 7.38. The number of thiazole rings is 1. The highest BCUT2D eigenvalue weighted by molar-refractivity contribution is 7.15. The van der Waals surface area contributed by atoms with Gasteiger partial charge in [-0.05, 0) is 18.4 Å². The molecule has 1 aliphatic rings. The van der Waals surface area contributed by atoms with Gasteiger partial charge in [0.15, 0.2) is 5.13 Å². The third-order valence-corrected chi connectivity index (χ3v) is 5.29. The van der Waals surface area contributed by atoms with Crippen molar-refractivity contribution >= 4 is 39.8 Å². The van der Waals surface area contributed by atoms with Gasteiger partial charge in [-0.15, -0.1) is 11.3 Å². The predicted octanol–water partition coefficient (Wildman–Crippen LogP) is 2.90. The maximum absolute atomic E-state index is 12.0. The van der Waals surface area contributed by atoms with E-state index in [0.717, 1.165) is 15.4 Å². The maximum atomic E-state index is 12.0. The molecule has 0 saturated carbocycles. The van der Waals surface area contributed by atoms with Crippen molar-refractivity contribution in [1.82, 2.24) is 9.88 Å². The number of nitrogens with zero attached hydrogens (tertiary/aromatic N) is 2. The molecule has 0 atom stereocenters. The third-order valence-electron chi connectivity index (χ3n) is 3.42. The largest absolute Gasteiger partial charge is 0.450 e. The number of thiophene rings is 1. The number of carbonyl (C=O) groups excluding carboxylic acids is 2. The second kappa shape index (κ2) is 7.10. The molecule has 0 aliphatic carbocycles. The minimum Gasteiger partial charge on any atom is -0.450 e. The summed E-state index contributed by atoms with van der Waals surface area (Å²) in [5.74, 6) is -0.0687. The molecule has 6 nitrogen and oxygen atoms in total. The van der Waals surface area contributed by atoms with E-state index in [2.05, 4.69) is 10.3 Å². The highest BCUT2D eigenvalue weighted by Crippen LogP contribution is 2.28. The Morgan fingerprint density at radius 3 is 3.09 bits per heavy atom. The number of carbonyl (C=O) groups is 2. The van der Waals surface area contributed by atoms with Gasteiger partial charge in [0.2, 0.25) is 5.91 Å². The summed E-state index contributed by atoms with van der Waals surface area (Å²) in [6.45, 7) is 3.25. The molecule has 122 valence electrons. The standard InChI is InChI=1S/C15H17N3O3S2/c1-2-21-15(20)18-6-5-11-12(9-18)23-14(16-11)17-13(19)8-10-4-3-7-22-10/h3-4,7H,2,5-6,8-9H2,1H3,(H,16,17,19). The lowest BCUT2D eigenvalue weighted by molar-refractivity contribution is -0.115. The van der Waals surface area contributed by atoms with Crippen LogP contribution in [-0.4, -0.2) is 35.0 Å². The number of hydrogen-bond donors (Lipinski definition) is 1. The summed E-state index contributed by atoms with van der Waals surface area (Å²) < 4.78 is 5.03. The Labute approximate surface area is 142 Å². The molecule has 0 bridgehead atoms. The summed E-state index contributed by atoms with van der Waals surface area (Å²) in [6.07, 6.45) is 0.748. The zero-order chi connectivity index (χ0) is 16.2. The number of hydrogen-bond acceptors (Lipinski definition) is 6. The van der Waals surface area contributed by atoms with Gasteiger partial charge in [0.1, 0.15) is 0 Å². The van der Waals surface area contributed by atoms with Crippen molar-refractivity contribution in [3.8, 4) is 0 Å². The van der Waals surface area contributed by atoms with Crippen molar-refractivity contribution in [3.63, 3.8) is 0 Å². The fourth-order valence-corrected chi connectivity index (χ4v) is 4.10. The molecule has 0 saturated heterocycles. The van der Waals surface area contributed by atoms with Crippen LogP contribution in [0.2, 0.25) is 0 Å². The van der Waals surface area contributed by atoms with Gasteiger partial charge in [-0.2, -0.15) is 0 Å². The number of fused-ring (bicyclic) bond motifs is 1. The molecule has 2 amide bonds. The second-order valence-corrected chi connectivity index (χ2v) is 7.18. The quantitative estimate of drug-likeness (QED) is 0.919.